The maximum atomic E-state index is 14.7. The van der Waals surface area contributed by atoms with E-state index in [4.69, 9.17) is 11.6 Å². The molecule has 4 atom stereocenters. The third-order valence-corrected chi connectivity index (χ3v) is 7.19. The van der Waals surface area contributed by atoms with Gasteiger partial charge in [-0.1, -0.05) is 31.4 Å². The Hall–Kier alpha value is -1.22. The maximum absolute atomic E-state index is 14.7. The molecule has 2 unspecified atom stereocenters. The molecule has 140 valence electrons. The van der Waals surface area contributed by atoms with E-state index in [0.29, 0.717) is 12.0 Å². The van der Waals surface area contributed by atoms with E-state index in [9.17, 15) is 13.2 Å². The van der Waals surface area contributed by atoms with Crippen LogP contribution in [0, 0.1) is 35.2 Å². The largest absolute Gasteiger partial charge is 0.207 e. The topological polar surface area (TPSA) is 0 Å². The van der Waals surface area contributed by atoms with Gasteiger partial charge in [-0.05, 0) is 78.9 Å². The zero-order valence-electron chi connectivity index (χ0n) is 15.0. The van der Waals surface area contributed by atoms with Gasteiger partial charge in [0.25, 0.3) is 0 Å². The Morgan fingerprint density at radius 2 is 1.69 bits per heavy atom. The van der Waals surface area contributed by atoms with Crippen molar-refractivity contribution in [2.45, 2.75) is 57.8 Å². The molecule has 0 aromatic heterocycles. The second-order valence-corrected chi connectivity index (χ2v) is 8.57. The molecule has 4 rings (SSSR count). The zero-order chi connectivity index (χ0) is 18.4. The lowest BCUT2D eigenvalue weighted by Crippen LogP contribution is -2.30. The quantitative estimate of drug-likeness (QED) is 0.502. The number of hydrogen-bond donors (Lipinski definition) is 0. The van der Waals surface area contributed by atoms with E-state index >= 15 is 0 Å². The minimum absolute atomic E-state index is 0.00806. The van der Waals surface area contributed by atoms with E-state index in [2.05, 4.69) is 6.92 Å². The first kappa shape index (κ1) is 18.2. The summed E-state index contributed by atoms with van der Waals surface area (Å²) in [4.78, 5) is 0. The summed E-state index contributed by atoms with van der Waals surface area (Å²) in [6, 6.07) is 3.60. The fourth-order valence-electron chi connectivity index (χ4n) is 5.34. The van der Waals surface area contributed by atoms with E-state index in [1.54, 1.807) is 6.07 Å². The smallest absolute Gasteiger partial charge is 0.152 e. The average Bonchev–Trinajstić information content (AvgIpc) is 2.63. The van der Waals surface area contributed by atoms with E-state index in [1.165, 1.54) is 31.7 Å². The lowest BCUT2D eigenvalue weighted by Gasteiger charge is -2.42. The Morgan fingerprint density at radius 3 is 2.46 bits per heavy atom. The monoisotopic (exact) mass is 380 g/mol. The molecule has 0 saturated heterocycles. The van der Waals surface area contributed by atoms with E-state index in [1.807, 2.05) is 0 Å². The second kappa shape index (κ2) is 7.07. The van der Waals surface area contributed by atoms with Gasteiger partial charge in [0.2, 0.25) is 0 Å². The molecule has 2 fully saturated rings. The van der Waals surface area contributed by atoms with Gasteiger partial charge in [-0.2, -0.15) is 0 Å². The van der Waals surface area contributed by atoms with Crippen molar-refractivity contribution in [3.8, 4) is 0 Å². The summed E-state index contributed by atoms with van der Waals surface area (Å²) in [6.07, 6.45) is 8.19. The summed E-state index contributed by atoms with van der Waals surface area (Å²) in [7, 11) is 0. The summed E-state index contributed by atoms with van der Waals surface area (Å²) < 4.78 is 42.4. The minimum Gasteiger partial charge on any atom is -0.207 e. The minimum atomic E-state index is -0.896. The van der Waals surface area contributed by atoms with Crippen LogP contribution in [-0.2, 0) is 0 Å². The number of benzene rings is 2. The van der Waals surface area contributed by atoms with E-state index in [0.717, 1.165) is 36.7 Å². The maximum Gasteiger partial charge on any atom is 0.152 e. The first-order chi connectivity index (χ1) is 12.5. The van der Waals surface area contributed by atoms with Gasteiger partial charge in [0.1, 0.15) is 11.6 Å². The van der Waals surface area contributed by atoms with E-state index < -0.39 is 17.5 Å². The number of hydrogen-bond acceptors (Lipinski definition) is 0. The Bertz CT molecular complexity index is 832. The Morgan fingerprint density at radius 1 is 0.962 bits per heavy atom. The van der Waals surface area contributed by atoms with Gasteiger partial charge in [-0.25, -0.2) is 13.2 Å². The third kappa shape index (κ3) is 3.13. The summed E-state index contributed by atoms with van der Waals surface area (Å²) >= 11 is 6.30. The van der Waals surface area contributed by atoms with Gasteiger partial charge in [-0.3, -0.25) is 0 Å². The van der Waals surface area contributed by atoms with Crippen molar-refractivity contribution < 1.29 is 13.2 Å². The van der Waals surface area contributed by atoms with Crippen molar-refractivity contribution in [2.75, 3.05) is 0 Å². The average molecular weight is 381 g/mol. The second-order valence-electron chi connectivity index (χ2n) is 8.20. The molecule has 0 N–H and O–H groups in total. The highest BCUT2D eigenvalue weighted by Crippen LogP contribution is 2.49. The molecule has 2 saturated carbocycles. The van der Waals surface area contributed by atoms with Crippen LogP contribution in [0.15, 0.2) is 18.2 Å². The molecular weight excluding hydrogens is 357 g/mol. The molecule has 2 aliphatic carbocycles. The normalized spacial score (nSPS) is 29.0. The molecule has 0 bridgehead atoms. The molecule has 0 amide bonds. The SMILES string of the molecule is CC[C@@H]1CC[C@@H]2CC(c3cc4cc(F)cc(F)c4c(F)c3Cl)CCC2C1. The highest BCUT2D eigenvalue weighted by atomic mass is 35.5. The van der Waals surface area contributed by atoms with Gasteiger partial charge in [0, 0.05) is 6.07 Å². The molecule has 2 aromatic rings. The van der Waals surface area contributed by atoms with Crippen molar-refractivity contribution in [1.82, 2.24) is 0 Å². The Kier molecular flexibility index (Phi) is 4.94. The molecule has 4 heteroatoms. The number of halogens is 4. The number of rotatable bonds is 2. The fourth-order valence-corrected chi connectivity index (χ4v) is 5.65. The Balaban J connectivity index is 1.66. The summed E-state index contributed by atoms with van der Waals surface area (Å²) in [5.74, 6) is 0.109. The van der Waals surface area contributed by atoms with Crippen LogP contribution in [0.3, 0.4) is 0 Å². The highest BCUT2D eigenvalue weighted by molar-refractivity contribution is 6.32. The van der Waals surface area contributed by atoms with Crippen LogP contribution < -0.4 is 0 Å². The zero-order valence-corrected chi connectivity index (χ0v) is 15.8. The highest BCUT2D eigenvalue weighted by Gasteiger charge is 2.36. The van der Waals surface area contributed by atoms with Crippen molar-refractivity contribution >= 4 is 22.4 Å². The van der Waals surface area contributed by atoms with Gasteiger partial charge >= 0.3 is 0 Å². The van der Waals surface area contributed by atoms with Crippen molar-refractivity contribution in [3.05, 3.63) is 46.2 Å². The summed E-state index contributed by atoms with van der Waals surface area (Å²) in [6.45, 7) is 2.27. The van der Waals surface area contributed by atoms with Crippen LogP contribution in [-0.4, -0.2) is 0 Å². The summed E-state index contributed by atoms with van der Waals surface area (Å²) in [5.41, 5.74) is 0.720. The molecule has 0 heterocycles. The first-order valence-corrected chi connectivity index (χ1v) is 10.1. The van der Waals surface area contributed by atoms with Crippen LogP contribution in [0.5, 0.6) is 0 Å². The molecule has 0 spiro atoms. The van der Waals surface area contributed by atoms with Gasteiger partial charge in [-0.15, -0.1) is 0 Å². The predicted molar refractivity (Wildman–Crippen MR) is 100 cm³/mol. The third-order valence-electron chi connectivity index (χ3n) is 6.80. The lowest BCUT2D eigenvalue weighted by atomic mass is 9.63. The van der Waals surface area contributed by atoms with Crippen LogP contribution >= 0.6 is 11.6 Å². The molecule has 26 heavy (non-hydrogen) atoms. The van der Waals surface area contributed by atoms with Crippen molar-refractivity contribution in [1.29, 1.82) is 0 Å². The van der Waals surface area contributed by atoms with Crippen LogP contribution in [0.25, 0.3) is 10.8 Å². The fraction of sp³-hybridized carbons (Fsp3) is 0.545. The van der Waals surface area contributed by atoms with Crippen molar-refractivity contribution in [2.24, 2.45) is 17.8 Å². The van der Waals surface area contributed by atoms with Gasteiger partial charge in [0.05, 0.1) is 10.4 Å². The predicted octanol–water partition coefficient (Wildman–Crippen LogP) is 7.62. The standard InChI is InChI=1S/C22H24ClF3/c1-2-12-3-4-14-8-15(6-5-13(14)7-12)18-10-16-9-17(24)11-19(25)20(16)22(26)21(18)23/h9-15H,2-8H2,1H3/t12-,13?,14-,15?/m1/s1. The molecule has 0 nitrogen and oxygen atoms in total. The number of fused-ring (bicyclic) bond motifs is 2. The summed E-state index contributed by atoms with van der Waals surface area (Å²) in [5, 5.41) is 0.0576. The Labute approximate surface area is 157 Å². The lowest BCUT2D eigenvalue weighted by molar-refractivity contribution is 0.116. The molecule has 2 aliphatic rings. The van der Waals surface area contributed by atoms with Crippen LogP contribution in [0.1, 0.15) is 63.4 Å². The first-order valence-electron chi connectivity index (χ1n) is 9.74. The molecule has 2 aromatic carbocycles. The molecule has 0 radical (unpaired) electrons. The molecular formula is C22H24ClF3. The van der Waals surface area contributed by atoms with Crippen molar-refractivity contribution in [3.63, 3.8) is 0 Å². The van der Waals surface area contributed by atoms with Crippen LogP contribution in [0.2, 0.25) is 5.02 Å². The van der Waals surface area contributed by atoms with Crippen LogP contribution in [0.4, 0.5) is 13.2 Å². The van der Waals surface area contributed by atoms with Gasteiger partial charge < -0.3 is 0 Å². The molecule has 0 aliphatic heterocycles. The van der Waals surface area contributed by atoms with E-state index in [-0.39, 0.29) is 21.7 Å². The van der Waals surface area contributed by atoms with Gasteiger partial charge in [0.15, 0.2) is 5.82 Å².